The predicted octanol–water partition coefficient (Wildman–Crippen LogP) is 5.01. The molecule has 1 saturated carbocycles. The number of nitriles is 1. The molecule has 1 nitrogen and oxygen atoms in total. The molecule has 1 aliphatic rings. The molecule has 0 radical (unpaired) electrons. The third-order valence-electron chi connectivity index (χ3n) is 3.23. The minimum Gasteiger partial charge on any atom is -0.198 e. The zero-order chi connectivity index (χ0) is 12.1. The maximum Gasteiger partial charge on any atom is 0.0667 e. The first-order valence-electron chi connectivity index (χ1n) is 6.12. The summed E-state index contributed by atoms with van der Waals surface area (Å²) in [6.07, 6.45) is 6.00. The van der Waals surface area contributed by atoms with E-state index in [1.165, 1.54) is 30.6 Å². The van der Waals surface area contributed by atoms with Crippen molar-refractivity contribution in [3.05, 3.63) is 28.7 Å². The first kappa shape index (κ1) is 13.0. The van der Waals surface area contributed by atoms with E-state index >= 15 is 0 Å². The topological polar surface area (TPSA) is 23.8 Å². The van der Waals surface area contributed by atoms with E-state index < -0.39 is 0 Å². The molecule has 0 aromatic heterocycles. The van der Waals surface area contributed by atoms with Gasteiger partial charge in [0.05, 0.1) is 12.0 Å². The second-order valence-electron chi connectivity index (χ2n) is 4.46. The Hall–Kier alpha value is -0.460. The summed E-state index contributed by atoms with van der Waals surface area (Å²) >= 11 is 5.45. The van der Waals surface area contributed by atoms with Gasteiger partial charge in [-0.25, -0.2) is 0 Å². The van der Waals surface area contributed by atoms with E-state index in [-0.39, 0.29) is 5.92 Å². The molecular weight excluding hydrogens is 294 g/mol. The number of rotatable bonds is 2. The highest BCUT2D eigenvalue weighted by molar-refractivity contribution is 9.10. The van der Waals surface area contributed by atoms with Gasteiger partial charge in [-0.2, -0.15) is 5.26 Å². The van der Waals surface area contributed by atoms with Gasteiger partial charge in [0, 0.05) is 14.6 Å². The summed E-state index contributed by atoms with van der Waals surface area (Å²) < 4.78 is 1.14. The summed E-state index contributed by atoms with van der Waals surface area (Å²) in [6.45, 7) is 0. The molecule has 17 heavy (non-hydrogen) atoms. The fourth-order valence-corrected chi connectivity index (χ4v) is 4.14. The third-order valence-corrected chi connectivity index (χ3v) is 5.66. The molecule has 0 heterocycles. The predicted molar refractivity (Wildman–Crippen MR) is 76.0 cm³/mol. The maximum absolute atomic E-state index is 9.26. The molecule has 1 fully saturated rings. The van der Waals surface area contributed by atoms with E-state index in [2.05, 4.69) is 40.2 Å². The van der Waals surface area contributed by atoms with Gasteiger partial charge in [-0.3, -0.25) is 0 Å². The Morgan fingerprint density at radius 2 is 1.94 bits per heavy atom. The molecule has 0 saturated heterocycles. The monoisotopic (exact) mass is 309 g/mol. The van der Waals surface area contributed by atoms with Crippen molar-refractivity contribution in [1.29, 1.82) is 5.26 Å². The maximum atomic E-state index is 9.26. The van der Waals surface area contributed by atoms with Gasteiger partial charge in [-0.1, -0.05) is 31.4 Å². The Morgan fingerprint density at radius 3 is 2.71 bits per heavy atom. The summed E-state index contributed by atoms with van der Waals surface area (Å²) in [5, 5.41) is 9.72. The van der Waals surface area contributed by atoms with Crippen LogP contribution in [0, 0.1) is 17.2 Å². The molecule has 0 bridgehead atoms. The van der Waals surface area contributed by atoms with Crippen LogP contribution in [0.15, 0.2) is 33.6 Å². The molecule has 0 spiro atoms. The highest BCUT2D eigenvalue weighted by atomic mass is 79.9. The Kier molecular flexibility index (Phi) is 4.94. The first-order valence-corrected chi connectivity index (χ1v) is 7.79. The number of benzene rings is 1. The number of hydrogen-bond acceptors (Lipinski definition) is 2. The highest BCUT2D eigenvalue weighted by Crippen LogP contribution is 2.38. The zero-order valence-corrected chi connectivity index (χ0v) is 12.1. The van der Waals surface area contributed by atoms with E-state index in [0.29, 0.717) is 5.25 Å². The lowest BCUT2D eigenvalue weighted by Crippen LogP contribution is -2.13. The second-order valence-corrected chi connectivity index (χ2v) is 6.60. The molecular formula is C14H16BrNS. The van der Waals surface area contributed by atoms with Crippen molar-refractivity contribution < 1.29 is 0 Å². The van der Waals surface area contributed by atoms with Crippen LogP contribution in [0.25, 0.3) is 0 Å². The SMILES string of the molecule is N#CC1CCCCCC1Sc1ccccc1Br. The van der Waals surface area contributed by atoms with Crippen molar-refractivity contribution in [3.8, 4) is 6.07 Å². The summed E-state index contributed by atoms with van der Waals surface area (Å²) in [6, 6.07) is 10.8. The van der Waals surface area contributed by atoms with Crippen molar-refractivity contribution in [3.63, 3.8) is 0 Å². The Labute approximate surface area is 116 Å². The minimum atomic E-state index is 0.217. The van der Waals surface area contributed by atoms with Crippen LogP contribution in [0.4, 0.5) is 0 Å². The Morgan fingerprint density at radius 1 is 1.18 bits per heavy atom. The molecule has 0 N–H and O–H groups in total. The number of thioether (sulfide) groups is 1. The lowest BCUT2D eigenvalue weighted by Gasteiger charge is -2.19. The van der Waals surface area contributed by atoms with E-state index in [4.69, 9.17) is 0 Å². The molecule has 1 aliphatic carbocycles. The highest BCUT2D eigenvalue weighted by Gasteiger charge is 2.24. The van der Waals surface area contributed by atoms with Crippen LogP contribution in [-0.4, -0.2) is 5.25 Å². The summed E-state index contributed by atoms with van der Waals surface area (Å²) in [5.74, 6) is 0.217. The Bertz CT molecular complexity index is 413. The zero-order valence-electron chi connectivity index (χ0n) is 9.73. The van der Waals surface area contributed by atoms with Gasteiger partial charge in [-0.05, 0) is 40.9 Å². The standard InChI is InChI=1S/C14H16BrNS/c15-12-7-4-5-9-14(12)17-13-8-3-1-2-6-11(13)10-16/h4-5,7,9,11,13H,1-3,6,8H2. The summed E-state index contributed by atoms with van der Waals surface area (Å²) in [5.41, 5.74) is 0. The van der Waals surface area contributed by atoms with Gasteiger partial charge in [0.15, 0.2) is 0 Å². The summed E-state index contributed by atoms with van der Waals surface area (Å²) in [4.78, 5) is 1.26. The van der Waals surface area contributed by atoms with Crippen molar-refractivity contribution in [1.82, 2.24) is 0 Å². The Balaban J connectivity index is 2.10. The third kappa shape index (κ3) is 3.50. The van der Waals surface area contributed by atoms with Gasteiger partial charge in [0.1, 0.15) is 0 Å². The fraction of sp³-hybridized carbons (Fsp3) is 0.500. The smallest absolute Gasteiger partial charge is 0.0667 e. The molecule has 1 aromatic carbocycles. The van der Waals surface area contributed by atoms with Gasteiger partial charge < -0.3 is 0 Å². The molecule has 1 aromatic rings. The molecule has 2 unspecified atom stereocenters. The molecule has 90 valence electrons. The normalized spacial score (nSPS) is 24.9. The van der Waals surface area contributed by atoms with Crippen LogP contribution in [-0.2, 0) is 0 Å². The number of nitrogens with zero attached hydrogens (tertiary/aromatic N) is 1. The fourth-order valence-electron chi connectivity index (χ4n) is 2.27. The van der Waals surface area contributed by atoms with Crippen molar-refractivity contribution in [2.75, 3.05) is 0 Å². The molecule has 0 amide bonds. The molecule has 2 rings (SSSR count). The van der Waals surface area contributed by atoms with Crippen LogP contribution in [0.2, 0.25) is 0 Å². The largest absolute Gasteiger partial charge is 0.198 e. The van der Waals surface area contributed by atoms with Crippen LogP contribution in [0.3, 0.4) is 0 Å². The van der Waals surface area contributed by atoms with E-state index in [1.54, 1.807) is 0 Å². The summed E-state index contributed by atoms with van der Waals surface area (Å²) in [7, 11) is 0. The lowest BCUT2D eigenvalue weighted by atomic mass is 10.0. The quantitative estimate of drug-likeness (QED) is 0.717. The average Bonchev–Trinajstić information content (AvgIpc) is 2.57. The average molecular weight is 310 g/mol. The first-order chi connectivity index (χ1) is 8.31. The molecule has 0 aliphatic heterocycles. The van der Waals surface area contributed by atoms with Crippen LogP contribution < -0.4 is 0 Å². The lowest BCUT2D eigenvalue weighted by molar-refractivity contribution is 0.585. The van der Waals surface area contributed by atoms with Gasteiger partial charge in [0.2, 0.25) is 0 Å². The van der Waals surface area contributed by atoms with Gasteiger partial charge in [0.25, 0.3) is 0 Å². The van der Waals surface area contributed by atoms with Crippen LogP contribution in [0.5, 0.6) is 0 Å². The second kappa shape index (κ2) is 6.47. The number of hydrogen-bond donors (Lipinski definition) is 0. The van der Waals surface area contributed by atoms with Crippen molar-refractivity contribution >= 4 is 27.7 Å². The molecule has 2 atom stereocenters. The van der Waals surface area contributed by atoms with E-state index in [1.807, 2.05) is 17.8 Å². The van der Waals surface area contributed by atoms with E-state index in [0.717, 1.165) is 10.9 Å². The minimum absolute atomic E-state index is 0.217. The van der Waals surface area contributed by atoms with Gasteiger partial charge >= 0.3 is 0 Å². The number of halogens is 1. The van der Waals surface area contributed by atoms with Crippen molar-refractivity contribution in [2.45, 2.75) is 42.2 Å². The van der Waals surface area contributed by atoms with Crippen LogP contribution >= 0.6 is 27.7 Å². The van der Waals surface area contributed by atoms with E-state index in [9.17, 15) is 5.26 Å². The van der Waals surface area contributed by atoms with Crippen molar-refractivity contribution in [2.24, 2.45) is 5.92 Å². The van der Waals surface area contributed by atoms with Gasteiger partial charge in [-0.15, -0.1) is 11.8 Å². The molecule has 3 heteroatoms. The van der Waals surface area contributed by atoms with Crippen LogP contribution in [0.1, 0.15) is 32.1 Å².